The quantitative estimate of drug-likeness (QED) is 0.755. The van der Waals surface area contributed by atoms with Gasteiger partial charge in [0.1, 0.15) is 0 Å². The van der Waals surface area contributed by atoms with Gasteiger partial charge in [-0.3, -0.25) is 4.79 Å². The van der Waals surface area contributed by atoms with Gasteiger partial charge >= 0.3 is 0 Å². The third kappa shape index (κ3) is 2.97. The van der Waals surface area contributed by atoms with Gasteiger partial charge in [0, 0.05) is 24.0 Å². The van der Waals surface area contributed by atoms with Crippen molar-refractivity contribution in [3.63, 3.8) is 0 Å². The highest BCUT2D eigenvalue weighted by Gasteiger charge is 2.39. The van der Waals surface area contributed by atoms with Crippen molar-refractivity contribution in [1.82, 2.24) is 5.32 Å². The van der Waals surface area contributed by atoms with Crippen molar-refractivity contribution in [2.45, 2.75) is 52.9 Å². The summed E-state index contributed by atoms with van der Waals surface area (Å²) in [7, 11) is 0. The predicted octanol–water partition coefficient (Wildman–Crippen LogP) is 2.09. The molecule has 0 spiro atoms. The largest absolute Gasteiger partial charge is 0.396 e. The van der Waals surface area contributed by atoms with Crippen LogP contribution < -0.4 is 5.32 Å². The van der Waals surface area contributed by atoms with E-state index in [0.717, 1.165) is 19.3 Å². The van der Waals surface area contributed by atoms with Gasteiger partial charge in [0.25, 0.3) is 0 Å². The Labute approximate surface area is 98.6 Å². The highest BCUT2D eigenvalue weighted by atomic mass is 16.3. The Morgan fingerprint density at radius 1 is 1.38 bits per heavy atom. The molecule has 0 radical (unpaired) electrons. The lowest BCUT2D eigenvalue weighted by Crippen LogP contribution is -2.43. The molecule has 0 aromatic carbocycles. The fourth-order valence-electron chi connectivity index (χ4n) is 2.36. The SMILES string of the molecule is CCC1(C(=O)NCC(C)(C)CO)CCCC1. The second kappa shape index (κ2) is 5.17. The molecule has 0 aromatic heterocycles. The third-order valence-electron chi connectivity index (χ3n) is 3.87. The van der Waals surface area contributed by atoms with Crippen LogP contribution in [-0.2, 0) is 4.79 Å². The van der Waals surface area contributed by atoms with E-state index in [0.29, 0.717) is 6.54 Å². The molecule has 0 heterocycles. The summed E-state index contributed by atoms with van der Waals surface area (Å²) in [6.45, 7) is 6.68. The van der Waals surface area contributed by atoms with Gasteiger partial charge in [0.05, 0.1) is 0 Å². The zero-order valence-corrected chi connectivity index (χ0v) is 10.8. The van der Waals surface area contributed by atoms with E-state index in [9.17, 15) is 4.79 Å². The number of hydrogen-bond donors (Lipinski definition) is 2. The van der Waals surface area contributed by atoms with Crippen LogP contribution in [-0.4, -0.2) is 24.2 Å². The standard InChI is InChI=1S/C13H25NO2/c1-4-13(7-5-6-8-13)11(16)14-9-12(2,3)10-15/h15H,4-10H2,1-3H3,(H,14,16). The van der Waals surface area contributed by atoms with Gasteiger partial charge in [-0.2, -0.15) is 0 Å². The fourth-order valence-corrected chi connectivity index (χ4v) is 2.36. The van der Waals surface area contributed by atoms with E-state index in [1.165, 1.54) is 12.8 Å². The first kappa shape index (κ1) is 13.5. The van der Waals surface area contributed by atoms with Crippen molar-refractivity contribution in [2.24, 2.45) is 10.8 Å². The van der Waals surface area contributed by atoms with E-state index >= 15 is 0 Å². The van der Waals surface area contributed by atoms with E-state index in [1.54, 1.807) is 0 Å². The number of nitrogens with one attached hydrogen (secondary N) is 1. The summed E-state index contributed by atoms with van der Waals surface area (Å²) in [5, 5.41) is 12.2. The summed E-state index contributed by atoms with van der Waals surface area (Å²) in [6.07, 6.45) is 5.32. The fraction of sp³-hybridized carbons (Fsp3) is 0.923. The number of amides is 1. The highest BCUT2D eigenvalue weighted by molar-refractivity contribution is 5.82. The molecule has 0 unspecified atom stereocenters. The number of carbonyl (C=O) groups excluding carboxylic acids is 1. The van der Waals surface area contributed by atoms with Crippen LogP contribution in [0.5, 0.6) is 0 Å². The van der Waals surface area contributed by atoms with Gasteiger partial charge in [0.2, 0.25) is 5.91 Å². The molecule has 2 N–H and O–H groups in total. The molecule has 1 saturated carbocycles. The van der Waals surface area contributed by atoms with Gasteiger partial charge in [0.15, 0.2) is 0 Å². The smallest absolute Gasteiger partial charge is 0.226 e. The molecule has 1 aliphatic rings. The monoisotopic (exact) mass is 227 g/mol. The van der Waals surface area contributed by atoms with E-state index in [4.69, 9.17) is 5.11 Å². The lowest BCUT2D eigenvalue weighted by atomic mass is 9.82. The molecule has 0 saturated heterocycles. The molecule has 16 heavy (non-hydrogen) atoms. The van der Waals surface area contributed by atoms with Gasteiger partial charge < -0.3 is 10.4 Å². The zero-order valence-electron chi connectivity index (χ0n) is 10.8. The van der Waals surface area contributed by atoms with Crippen LogP contribution in [0.25, 0.3) is 0 Å². The summed E-state index contributed by atoms with van der Waals surface area (Å²) >= 11 is 0. The number of rotatable bonds is 5. The molecular weight excluding hydrogens is 202 g/mol. The second-order valence-corrected chi connectivity index (χ2v) is 5.85. The average molecular weight is 227 g/mol. The number of hydrogen-bond acceptors (Lipinski definition) is 2. The van der Waals surface area contributed by atoms with Crippen molar-refractivity contribution in [3.05, 3.63) is 0 Å². The molecule has 1 amide bonds. The Hall–Kier alpha value is -0.570. The lowest BCUT2D eigenvalue weighted by Gasteiger charge is -2.29. The van der Waals surface area contributed by atoms with E-state index < -0.39 is 0 Å². The van der Waals surface area contributed by atoms with Crippen molar-refractivity contribution < 1.29 is 9.90 Å². The van der Waals surface area contributed by atoms with Crippen LogP contribution >= 0.6 is 0 Å². The first-order valence-electron chi connectivity index (χ1n) is 6.35. The molecule has 1 fully saturated rings. The molecule has 0 aromatic rings. The Morgan fingerprint density at radius 2 is 1.94 bits per heavy atom. The van der Waals surface area contributed by atoms with Crippen molar-refractivity contribution in [2.75, 3.05) is 13.2 Å². The number of aliphatic hydroxyl groups excluding tert-OH is 1. The minimum absolute atomic E-state index is 0.104. The minimum Gasteiger partial charge on any atom is -0.396 e. The zero-order chi connectivity index (χ0) is 12.2. The number of aliphatic hydroxyl groups is 1. The summed E-state index contributed by atoms with van der Waals surface area (Å²) < 4.78 is 0. The Balaban J connectivity index is 2.51. The van der Waals surface area contributed by atoms with E-state index in [1.807, 2.05) is 13.8 Å². The molecular formula is C13H25NO2. The summed E-state index contributed by atoms with van der Waals surface area (Å²) in [5.74, 6) is 0.189. The number of carbonyl (C=O) groups is 1. The first-order chi connectivity index (χ1) is 7.46. The van der Waals surface area contributed by atoms with Gasteiger partial charge in [-0.25, -0.2) is 0 Å². The first-order valence-corrected chi connectivity index (χ1v) is 6.35. The predicted molar refractivity (Wildman–Crippen MR) is 65.1 cm³/mol. The van der Waals surface area contributed by atoms with Crippen molar-refractivity contribution >= 4 is 5.91 Å². The molecule has 3 nitrogen and oxygen atoms in total. The molecule has 1 aliphatic carbocycles. The molecule has 0 bridgehead atoms. The van der Waals surface area contributed by atoms with Crippen LogP contribution in [0.1, 0.15) is 52.9 Å². The van der Waals surface area contributed by atoms with Gasteiger partial charge in [-0.1, -0.05) is 33.6 Å². The highest BCUT2D eigenvalue weighted by Crippen LogP contribution is 2.41. The van der Waals surface area contributed by atoms with Crippen LogP contribution in [0.15, 0.2) is 0 Å². The van der Waals surface area contributed by atoms with Crippen LogP contribution in [0, 0.1) is 10.8 Å². The van der Waals surface area contributed by atoms with E-state index in [-0.39, 0.29) is 23.3 Å². The van der Waals surface area contributed by atoms with Crippen molar-refractivity contribution in [1.29, 1.82) is 0 Å². The maximum Gasteiger partial charge on any atom is 0.226 e. The summed E-state index contributed by atoms with van der Waals surface area (Å²) in [5.41, 5.74) is -0.339. The normalized spacial score (nSPS) is 19.8. The Morgan fingerprint density at radius 3 is 2.38 bits per heavy atom. The minimum atomic E-state index is -0.219. The van der Waals surface area contributed by atoms with Crippen molar-refractivity contribution in [3.8, 4) is 0 Å². The molecule has 0 atom stereocenters. The molecule has 0 aliphatic heterocycles. The van der Waals surface area contributed by atoms with Gasteiger partial charge in [-0.05, 0) is 19.3 Å². The van der Waals surface area contributed by atoms with Gasteiger partial charge in [-0.15, -0.1) is 0 Å². The van der Waals surface area contributed by atoms with Crippen LogP contribution in [0.3, 0.4) is 0 Å². The summed E-state index contributed by atoms with van der Waals surface area (Å²) in [6, 6.07) is 0. The van der Waals surface area contributed by atoms with Crippen LogP contribution in [0.4, 0.5) is 0 Å². The lowest BCUT2D eigenvalue weighted by molar-refractivity contribution is -0.131. The Kier molecular flexibility index (Phi) is 4.36. The van der Waals surface area contributed by atoms with Crippen LogP contribution in [0.2, 0.25) is 0 Å². The maximum absolute atomic E-state index is 12.2. The van der Waals surface area contributed by atoms with E-state index in [2.05, 4.69) is 12.2 Å². The topological polar surface area (TPSA) is 49.3 Å². The molecule has 3 heteroatoms. The summed E-state index contributed by atoms with van der Waals surface area (Å²) in [4.78, 5) is 12.2. The molecule has 1 rings (SSSR count). The second-order valence-electron chi connectivity index (χ2n) is 5.85. The third-order valence-corrected chi connectivity index (χ3v) is 3.87. The Bertz CT molecular complexity index is 242. The maximum atomic E-state index is 12.2. The molecule has 94 valence electrons. The average Bonchev–Trinajstić information content (AvgIpc) is 2.76.